The van der Waals surface area contributed by atoms with Crippen molar-refractivity contribution in [2.75, 3.05) is 19.9 Å². The lowest BCUT2D eigenvalue weighted by Crippen LogP contribution is -2.62. The average Bonchev–Trinajstić information content (AvgIpc) is 2.69. The Hall–Kier alpha value is -1.02. The van der Waals surface area contributed by atoms with E-state index in [9.17, 15) is 18.0 Å². The zero-order chi connectivity index (χ0) is 15.2. The van der Waals surface area contributed by atoms with Gasteiger partial charge in [-0.25, -0.2) is 4.79 Å². The fraction of sp³-hybridized carbons (Fsp3) is 0.917. The molecule has 2 aliphatic rings. The van der Waals surface area contributed by atoms with E-state index in [1.165, 1.54) is 4.90 Å². The highest BCUT2D eigenvalue weighted by atomic mass is 19.4. The molecule has 0 saturated carbocycles. The van der Waals surface area contributed by atoms with Crippen molar-refractivity contribution in [1.29, 1.82) is 0 Å². The topological polar surface area (TPSA) is 48.0 Å². The number of halogens is 3. The van der Waals surface area contributed by atoms with E-state index in [0.29, 0.717) is 0 Å². The third-order valence-corrected chi connectivity index (χ3v) is 3.38. The van der Waals surface area contributed by atoms with Crippen molar-refractivity contribution in [2.45, 2.75) is 50.7 Å². The number of carbonyl (C=O) groups excluding carboxylic acids is 1. The van der Waals surface area contributed by atoms with Crippen LogP contribution >= 0.6 is 0 Å². The van der Waals surface area contributed by atoms with Crippen LogP contribution in [0.1, 0.15) is 27.2 Å². The van der Waals surface area contributed by atoms with Gasteiger partial charge in [-0.3, -0.25) is 0 Å². The van der Waals surface area contributed by atoms with E-state index in [1.807, 2.05) is 0 Å². The summed E-state index contributed by atoms with van der Waals surface area (Å²) in [6, 6.07) is 0. The Morgan fingerprint density at radius 1 is 1.35 bits per heavy atom. The highest BCUT2D eigenvalue weighted by Gasteiger charge is 2.66. The quantitative estimate of drug-likeness (QED) is 0.688. The fourth-order valence-electron chi connectivity index (χ4n) is 2.37. The zero-order valence-corrected chi connectivity index (χ0v) is 11.6. The Balaban J connectivity index is 2.07. The molecule has 0 aliphatic carbocycles. The van der Waals surface area contributed by atoms with Crippen molar-refractivity contribution in [3.05, 3.63) is 0 Å². The fourth-order valence-corrected chi connectivity index (χ4v) is 2.37. The minimum Gasteiger partial charge on any atom is -0.444 e. The first-order chi connectivity index (χ1) is 9.05. The number of amides is 1. The number of rotatable bonds is 0. The number of hydrogen-bond donors (Lipinski definition) is 0. The van der Waals surface area contributed by atoms with Crippen molar-refractivity contribution < 1.29 is 32.2 Å². The van der Waals surface area contributed by atoms with Gasteiger partial charge >= 0.3 is 12.3 Å². The van der Waals surface area contributed by atoms with Gasteiger partial charge in [0, 0.05) is 13.0 Å². The van der Waals surface area contributed by atoms with Crippen molar-refractivity contribution in [1.82, 2.24) is 4.90 Å². The monoisotopic (exact) mass is 297 g/mol. The van der Waals surface area contributed by atoms with Crippen LogP contribution in [0.25, 0.3) is 0 Å². The highest BCUT2D eigenvalue weighted by Crippen LogP contribution is 2.46. The minimum atomic E-state index is -4.52. The maximum atomic E-state index is 13.1. The van der Waals surface area contributed by atoms with Gasteiger partial charge in [0.2, 0.25) is 0 Å². The van der Waals surface area contributed by atoms with E-state index in [1.54, 1.807) is 20.8 Å². The molecule has 2 rings (SSSR count). The summed E-state index contributed by atoms with van der Waals surface area (Å²) in [6.07, 6.45) is -6.71. The van der Waals surface area contributed by atoms with Crippen molar-refractivity contribution in [3.63, 3.8) is 0 Å². The first-order valence-corrected chi connectivity index (χ1v) is 6.35. The molecule has 0 N–H and O–H groups in total. The van der Waals surface area contributed by atoms with Gasteiger partial charge in [-0.15, -0.1) is 0 Å². The van der Waals surface area contributed by atoms with Crippen LogP contribution in [-0.2, 0) is 14.2 Å². The van der Waals surface area contributed by atoms with Gasteiger partial charge in [0.25, 0.3) is 0 Å². The molecule has 2 fully saturated rings. The van der Waals surface area contributed by atoms with Crippen LogP contribution in [0.5, 0.6) is 0 Å². The summed E-state index contributed by atoms with van der Waals surface area (Å²) in [6.45, 7) is 4.42. The third kappa shape index (κ3) is 2.71. The molecule has 0 spiro atoms. The maximum Gasteiger partial charge on any atom is 0.420 e. The number of piperidine rings is 1. The van der Waals surface area contributed by atoms with Crippen LogP contribution in [0.4, 0.5) is 18.0 Å². The predicted molar refractivity (Wildman–Crippen MR) is 62.0 cm³/mol. The molecule has 8 heteroatoms. The van der Waals surface area contributed by atoms with Crippen LogP contribution in [0.15, 0.2) is 0 Å². The SMILES string of the molecule is CC(C)(C)OC(=O)N1CC[C@@]2(C(F)(F)F)OCO[C@@H]2C1. The van der Waals surface area contributed by atoms with Gasteiger partial charge in [-0.1, -0.05) is 0 Å². The maximum absolute atomic E-state index is 13.1. The van der Waals surface area contributed by atoms with E-state index in [4.69, 9.17) is 14.2 Å². The molecular weight excluding hydrogens is 279 g/mol. The lowest BCUT2D eigenvalue weighted by molar-refractivity contribution is -0.276. The first kappa shape index (κ1) is 15.4. The molecule has 0 bridgehead atoms. The minimum absolute atomic E-state index is 0.0751. The molecule has 0 radical (unpaired) electrons. The molecule has 0 aromatic carbocycles. The molecule has 20 heavy (non-hydrogen) atoms. The molecular formula is C12H18F3NO4. The van der Waals surface area contributed by atoms with Gasteiger partial charge < -0.3 is 19.1 Å². The summed E-state index contributed by atoms with van der Waals surface area (Å²) < 4.78 is 54.4. The van der Waals surface area contributed by atoms with Crippen LogP contribution in [0, 0.1) is 0 Å². The Kier molecular flexibility index (Phi) is 3.66. The zero-order valence-electron chi connectivity index (χ0n) is 11.6. The van der Waals surface area contributed by atoms with E-state index >= 15 is 0 Å². The molecule has 0 aromatic heterocycles. The number of likely N-dealkylation sites (tertiary alicyclic amines) is 1. The van der Waals surface area contributed by atoms with Crippen molar-refractivity contribution in [3.8, 4) is 0 Å². The molecule has 1 amide bonds. The second kappa shape index (κ2) is 4.77. The summed E-state index contributed by atoms with van der Waals surface area (Å²) in [7, 11) is 0. The molecule has 2 heterocycles. The van der Waals surface area contributed by atoms with E-state index < -0.39 is 36.4 Å². The summed E-state index contributed by atoms with van der Waals surface area (Å²) in [5.74, 6) is 0. The first-order valence-electron chi connectivity index (χ1n) is 6.35. The molecule has 0 aromatic rings. The van der Waals surface area contributed by atoms with Gasteiger partial charge in [0.05, 0.1) is 6.54 Å². The van der Waals surface area contributed by atoms with E-state index in [-0.39, 0.29) is 19.5 Å². The summed E-state index contributed by atoms with van der Waals surface area (Å²) >= 11 is 0. The molecule has 2 atom stereocenters. The van der Waals surface area contributed by atoms with E-state index in [0.717, 1.165) is 0 Å². The standard InChI is InChI=1S/C12H18F3NO4/c1-10(2,3)20-9(17)16-5-4-11(12(13,14)15)8(6-16)18-7-19-11/h8H,4-7H2,1-3H3/t8-,11-/m1/s1. The van der Waals surface area contributed by atoms with Crippen molar-refractivity contribution in [2.24, 2.45) is 0 Å². The van der Waals surface area contributed by atoms with Crippen LogP contribution < -0.4 is 0 Å². The molecule has 5 nitrogen and oxygen atoms in total. The summed E-state index contributed by atoms with van der Waals surface area (Å²) in [5.41, 5.74) is -2.99. The highest BCUT2D eigenvalue weighted by molar-refractivity contribution is 5.68. The molecule has 2 saturated heterocycles. The third-order valence-electron chi connectivity index (χ3n) is 3.38. The second-order valence-electron chi connectivity index (χ2n) is 5.98. The largest absolute Gasteiger partial charge is 0.444 e. The van der Waals surface area contributed by atoms with Gasteiger partial charge in [0.15, 0.2) is 5.60 Å². The van der Waals surface area contributed by atoms with Gasteiger partial charge in [-0.2, -0.15) is 13.2 Å². The summed E-state index contributed by atoms with van der Waals surface area (Å²) in [4.78, 5) is 13.1. The number of ether oxygens (including phenoxy) is 3. The van der Waals surface area contributed by atoms with Crippen LogP contribution in [0.3, 0.4) is 0 Å². The smallest absolute Gasteiger partial charge is 0.420 e. The van der Waals surface area contributed by atoms with Crippen molar-refractivity contribution >= 4 is 6.09 Å². The average molecular weight is 297 g/mol. The number of alkyl halides is 3. The molecule has 116 valence electrons. The van der Waals surface area contributed by atoms with E-state index in [2.05, 4.69) is 0 Å². The van der Waals surface area contributed by atoms with Gasteiger partial charge in [-0.05, 0) is 20.8 Å². The number of carbonyl (C=O) groups is 1. The lowest BCUT2D eigenvalue weighted by Gasteiger charge is -2.42. The normalized spacial score (nSPS) is 31.1. The number of fused-ring (bicyclic) bond motifs is 1. The van der Waals surface area contributed by atoms with Crippen LogP contribution in [-0.4, -0.2) is 54.4 Å². The second-order valence-corrected chi connectivity index (χ2v) is 5.98. The predicted octanol–water partition coefficient (Wildman–Crippen LogP) is 2.30. The number of nitrogens with zero attached hydrogens (tertiary/aromatic N) is 1. The van der Waals surface area contributed by atoms with Crippen LogP contribution in [0.2, 0.25) is 0 Å². The lowest BCUT2D eigenvalue weighted by atomic mass is 9.88. The summed E-state index contributed by atoms with van der Waals surface area (Å²) in [5, 5.41) is 0. The Morgan fingerprint density at radius 3 is 2.55 bits per heavy atom. The molecule has 0 unspecified atom stereocenters. The Morgan fingerprint density at radius 2 is 2.00 bits per heavy atom. The molecule has 2 aliphatic heterocycles. The Labute approximate surface area is 115 Å². The van der Waals surface area contributed by atoms with Gasteiger partial charge in [0.1, 0.15) is 18.5 Å². The number of hydrogen-bond acceptors (Lipinski definition) is 4. The Bertz CT molecular complexity index is 393.